The summed E-state index contributed by atoms with van der Waals surface area (Å²) in [6.45, 7) is 4.39. The number of carboxylic acids is 1. The first-order valence-corrected chi connectivity index (χ1v) is 6.33. The van der Waals surface area contributed by atoms with Crippen molar-refractivity contribution < 1.29 is 9.90 Å². The van der Waals surface area contributed by atoms with Crippen molar-refractivity contribution >= 4 is 5.97 Å². The van der Waals surface area contributed by atoms with E-state index >= 15 is 0 Å². The highest BCUT2D eigenvalue weighted by atomic mass is 16.4. The summed E-state index contributed by atoms with van der Waals surface area (Å²) in [6.07, 6.45) is 3.60. The molecule has 0 aliphatic carbocycles. The van der Waals surface area contributed by atoms with Gasteiger partial charge in [-0.2, -0.15) is 5.10 Å². The number of aliphatic carboxylic acids is 1. The van der Waals surface area contributed by atoms with Crippen molar-refractivity contribution in [1.29, 1.82) is 0 Å². The Hall–Kier alpha value is -2.40. The van der Waals surface area contributed by atoms with E-state index in [1.165, 1.54) is 0 Å². The van der Waals surface area contributed by atoms with E-state index in [1.54, 1.807) is 6.20 Å². The van der Waals surface area contributed by atoms with Crippen molar-refractivity contribution in [2.45, 2.75) is 12.6 Å². The van der Waals surface area contributed by atoms with Crippen LogP contribution in [0.4, 0.5) is 0 Å². The van der Waals surface area contributed by atoms with Gasteiger partial charge >= 0.3 is 5.97 Å². The average molecular weight is 271 g/mol. The summed E-state index contributed by atoms with van der Waals surface area (Å²) in [6, 6.07) is 11.7. The van der Waals surface area contributed by atoms with Crippen LogP contribution in [0, 0.1) is 0 Å². The number of carbonyl (C=O) groups is 1. The van der Waals surface area contributed by atoms with Crippen LogP contribution in [0.25, 0.3) is 0 Å². The molecule has 0 fully saturated rings. The third-order valence-corrected chi connectivity index (χ3v) is 3.00. The molecule has 2 N–H and O–H groups in total. The van der Waals surface area contributed by atoms with Crippen LogP contribution >= 0.6 is 0 Å². The van der Waals surface area contributed by atoms with E-state index in [-0.39, 0.29) is 18.2 Å². The molecule has 5 nitrogen and oxygen atoms in total. The van der Waals surface area contributed by atoms with Gasteiger partial charge in [0.25, 0.3) is 0 Å². The minimum absolute atomic E-state index is 0.0211. The van der Waals surface area contributed by atoms with Gasteiger partial charge in [-0.15, -0.1) is 0 Å². The van der Waals surface area contributed by atoms with E-state index in [9.17, 15) is 4.79 Å². The minimum atomic E-state index is -0.983. The molecule has 0 bridgehead atoms. The monoisotopic (exact) mass is 271 g/mol. The fraction of sp³-hybridized carbons (Fsp3) is 0.200. The van der Waals surface area contributed by atoms with Crippen LogP contribution in [0.15, 0.2) is 60.9 Å². The third kappa shape index (κ3) is 3.80. The number of hydrogen-bond acceptors (Lipinski definition) is 3. The normalized spacial score (nSPS) is 12.0. The molecule has 1 unspecified atom stereocenters. The highest BCUT2D eigenvalue weighted by molar-refractivity contribution is 5.86. The zero-order chi connectivity index (χ0) is 14.4. The maximum Gasteiger partial charge on any atom is 0.332 e. The smallest absolute Gasteiger partial charge is 0.332 e. The van der Waals surface area contributed by atoms with Crippen molar-refractivity contribution in [2.75, 3.05) is 6.54 Å². The quantitative estimate of drug-likeness (QED) is 0.754. The van der Waals surface area contributed by atoms with Gasteiger partial charge in [0, 0.05) is 24.5 Å². The Morgan fingerprint density at radius 1 is 1.35 bits per heavy atom. The van der Waals surface area contributed by atoms with E-state index < -0.39 is 5.97 Å². The predicted molar refractivity (Wildman–Crippen MR) is 76.2 cm³/mol. The molecule has 0 aliphatic heterocycles. The molecule has 1 aromatic heterocycles. The number of aromatic nitrogens is 2. The molecule has 2 aromatic rings. The molecule has 0 radical (unpaired) electrons. The Kier molecular flexibility index (Phi) is 4.68. The zero-order valence-electron chi connectivity index (χ0n) is 11.1. The lowest BCUT2D eigenvalue weighted by Gasteiger charge is -2.19. The lowest BCUT2D eigenvalue weighted by Crippen LogP contribution is -2.29. The zero-order valence-corrected chi connectivity index (χ0v) is 11.1. The molecule has 0 spiro atoms. The predicted octanol–water partition coefficient (Wildman–Crippen LogP) is 1.85. The maximum absolute atomic E-state index is 10.8. The molecule has 0 aliphatic rings. The molecular weight excluding hydrogens is 254 g/mol. The molecule has 0 saturated heterocycles. The van der Waals surface area contributed by atoms with E-state index in [0.29, 0.717) is 6.54 Å². The van der Waals surface area contributed by atoms with Crippen LogP contribution in [0.3, 0.4) is 0 Å². The Labute approximate surface area is 117 Å². The van der Waals surface area contributed by atoms with E-state index in [1.807, 2.05) is 47.3 Å². The van der Waals surface area contributed by atoms with Crippen molar-refractivity contribution in [3.63, 3.8) is 0 Å². The number of hydrogen-bond donors (Lipinski definition) is 2. The van der Waals surface area contributed by atoms with Crippen molar-refractivity contribution in [2.24, 2.45) is 0 Å². The van der Waals surface area contributed by atoms with Crippen LogP contribution in [-0.4, -0.2) is 27.4 Å². The van der Waals surface area contributed by atoms with Gasteiger partial charge in [0.15, 0.2) is 0 Å². The first-order chi connectivity index (χ1) is 9.66. The van der Waals surface area contributed by atoms with Gasteiger partial charge in [-0.25, -0.2) is 4.79 Å². The SMILES string of the molecule is C=C(CNC(Cn1cccn1)c1ccccc1)C(=O)O. The molecular formula is C15H17N3O2. The summed E-state index contributed by atoms with van der Waals surface area (Å²) in [5.41, 5.74) is 1.23. The standard InChI is InChI=1S/C15H17N3O2/c1-12(15(19)20)10-16-14(11-18-9-5-8-17-18)13-6-3-2-4-7-13/h2-9,14,16H,1,10-11H2,(H,19,20). The molecule has 0 amide bonds. The van der Waals surface area contributed by atoms with Crippen molar-refractivity contribution in [3.05, 3.63) is 66.5 Å². The lowest BCUT2D eigenvalue weighted by atomic mass is 10.1. The molecule has 1 heterocycles. The maximum atomic E-state index is 10.8. The summed E-state index contributed by atoms with van der Waals surface area (Å²) < 4.78 is 1.81. The summed E-state index contributed by atoms with van der Waals surface area (Å²) in [5.74, 6) is -0.983. The lowest BCUT2D eigenvalue weighted by molar-refractivity contribution is -0.132. The van der Waals surface area contributed by atoms with Crippen LogP contribution < -0.4 is 5.32 Å². The molecule has 1 aromatic carbocycles. The summed E-state index contributed by atoms with van der Waals surface area (Å²) in [5, 5.41) is 16.3. The first-order valence-electron chi connectivity index (χ1n) is 6.33. The molecule has 0 saturated carbocycles. The van der Waals surface area contributed by atoms with Gasteiger partial charge in [0.05, 0.1) is 12.6 Å². The molecule has 20 heavy (non-hydrogen) atoms. The largest absolute Gasteiger partial charge is 0.478 e. The summed E-state index contributed by atoms with van der Waals surface area (Å²) in [7, 11) is 0. The average Bonchev–Trinajstić information content (AvgIpc) is 2.96. The first kappa shape index (κ1) is 14.0. The topological polar surface area (TPSA) is 67.2 Å². The number of nitrogens with zero attached hydrogens (tertiary/aromatic N) is 2. The molecule has 1 atom stereocenters. The van der Waals surface area contributed by atoms with Gasteiger partial charge in [0.2, 0.25) is 0 Å². The van der Waals surface area contributed by atoms with E-state index in [2.05, 4.69) is 17.0 Å². The number of carboxylic acid groups (broad SMARTS) is 1. The summed E-state index contributed by atoms with van der Waals surface area (Å²) >= 11 is 0. The van der Waals surface area contributed by atoms with Crippen LogP contribution in [0.5, 0.6) is 0 Å². The van der Waals surface area contributed by atoms with Gasteiger partial charge in [-0.05, 0) is 11.6 Å². The Balaban J connectivity index is 2.08. The van der Waals surface area contributed by atoms with E-state index in [4.69, 9.17) is 5.11 Å². The second-order valence-corrected chi connectivity index (χ2v) is 4.48. The van der Waals surface area contributed by atoms with Crippen LogP contribution in [-0.2, 0) is 11.3 Å². The van der Waals surface area contributed by atoms with Crippen molar-refractivity contribution in [1.82, 2.24) is 15.1 Å². The molecule has 104 valence electrons. The van der Waals surface area contributed by atoms with Crippen molar-refractivity contribution in [3.8, 4) is 0 Å². The minimum Gasteiger partial charge on any atom is -0.478 e. The Morgan fingerprint density at radius 3 is 2.70 bits per heavy atom. The summed E-state index contributed by atoms with van der Waals surface area (Å²) in [4.78, 5) is 10.8. The van der Waals surface area contributed by atoms with Gasteiger partial charge in [0.1, 0.15) is 0 Å². The Bertz CT molecular complexity index is 564. The highest BCUT2D eigenvalue weighted by Crippen LogP contribution is 2.14. The highest BCUT2D eigenvalue weighted by Gasteiger charge is 2.13. The second kappa shape index (κ2) is 6.68. The number of benzene rings is 1. The van der Waals surface area contributed by atoms with Gasteiger partial charge in [-0.1, -0.05) is 36.9 Å². The second-order valence-electron chi connectivity index (χ2n) is 4.48. The van der Waals surface area contributed by atoms with Crippen LogP contribution in [0.2, 0.25) is 0 Å². The fourth-order valence-corrected chi connectivity index (χ4v) is 1.89. The number of nitrogens with one attached hydrogen (secondary N) is 1. The van der Waals surface area contributed by atoms with Gasteiger partial charge < -0.3 is 10.4 Å². The molecule has 5 heteroatoms. The van der Waals surface area contributed by atoms with E-state index in [0.717, 1.165) is 5.56 Å². The molecule has 2 rings (SSSR count). The fourth-order valence-electron chi connectivity index (χ4n) is 1.89. The third-order valence-electron chi connectivity index (χ3n) is 3.00. The van der Waals surface area contributed by atoms with Gasteiger partial charge in [-0.3, -0.25) is 4.68 Å². The Morgan fingerprint density at radius 2 is 2.10 bits per heavy atom. The van der Waals surface area contributed by atoms with Crippen LogP contribution in [0.1, 0.15) is 11.6 Å². The number of rotatable bonds is 7.